The molecule has 0 saturated carbocycles. The van der Waals surface area contributed by atoms with Gasteiger partial charge in [-0.2, -0.15) is 0 Å². The highest BCUT2D eigenvalue weighted by atomic mass is 32.2. The number of hydrogen-bond donors (Lipinski definition) is 2. The Labute approximate surface area is 78.8 Å². The number of esters is 1. The first kappa shape index (κ1) is 10.2. The van der Waals surface area contributed by atoms with Crippen LogP contribution >= 0.6 is 10.8 Å². The molecule has 1 atom stereocenters. The largest absolute Gasteiger partial charge is 0.469 e. The van der Waals surface area contributed by atoms with Gasteiger partial charge in [-0.3, -0.25) is 10.5 Å². The average molecular weight is 201 g/mol. The third-order valence-electron chi connectivity index (χ3n) is 1.54. The summed E-state index contributed by atoms with van der Waals surface area (Å²) in [6.07, 6.45) is 3.47. The van der Waals surface area contributed by atoms with E-state index in [1.807, 2.05) is 0 Å². The Kier molecular flexibility index (Phi) is 3.41. The molecule has 5 heteroatoms. The van der Waals surface area contributed by atoms with Gasteiger partial charge in [0.15, 0.2) is 0 Å². The number of hydrogen-bond acceptors (Lipinski definition) is 4. The SMILES string of the molecule is COC(=O)CC1=CS(O)=C(N)C=C1. The minimum atomic E-state index is -1.05. The summed E-state index contributed by atoms with van der Waals surface area (Å²) in [5.41, 5.74) is 6.16. The van der Waals surface area contributed by atoms with E-state index >= 15 is 0 Å². The molecule has 0 amide bonds. The van der Waals surface area contributed by atoms with Gasteiger partial charge in [0, 0.05) is 0 Å². The fourth-order valence-corrected chi connectivity index (χ4v) is 1.64. The minimum absolute atomic E-state index is 0.171. The molecule has 0 radical (unpaired) electrons. The Morgan fingerprint density at radius 1 is 1.69 bits per heavy atom. The van der Waals surface area contributed by atoms with Gasteiger partial charge < -0.3 is 9.29 Å². The molecule has 0 saturated heterocycles. The molecule has 0 spiro atoms. The van der Waals surface area contributed by atoms with E-state index < -0.39 is 10.8 Å². The van der Waals surface area contributed by atoms with Crippen molar-refractivity contribution in [3.8, 4) is 0 Å². The fourth-order valence-electron chi connectivity index (χ4n) is 0.849. The molecule has 4 nitrogen and oxygen atoms in total. The van der Waals surface area contributed by atoms with Gasteiger partial charge in [0.1, 0.15) is 0 Å². The van der Waals surface area contributed by atoms with E-state index in [-0.39, 0.29) is 12.4 Å². The average Bonchev–Trinajstić information content (AvgIpc) is 2.11. The molecule has 72 valence electrons. The van der Waals surface area contributed by atoms with Crippen LogP contribution < -0.4 is 5.73 Å². The summed E-state index contributed by atoms with van der Waals surface area (Å²) in [5.74, 6) is -0.326. The molecule has 0 aromatic carbocycles. The number of carbonyl (C=O) groups is 1. The molecule has 0 aliphatic carbocycles. The van der Waals surface area contributed by atoms with E-state index in [4.69, 9.17) is 5.73 Å². The normalized spacial score (nSPS) is 21.3. The minimum Gasteiger partial charge on any atom is -0.469 e. The second-order valence-electron chi connectivity index (χ2n) is 2.50. The molecule has 13 heavy (non-hydrogen) atoms. The predicted molar refractivity (Wildman–Crippen MR) is 53.3 cm³/mol. The molecule has 1 heterocycles. The molecule has 1 unspecified atom stereocenters. The van der Waals surface area contributed by atoms with Crippen molar-refractivity contribution >= 4 is 21.7 Å². The Balaban J connectivity index is 2.71. The molecular weight excluding hydrogens is 190 g/mol. The lowest BCUT2D eigenvalue weighted by atomic mass is 10.2. The quantitative estimate of drug-likeness (QED) is 0.513. The van der Waals surface area contributed by atoms with Crippen LogP contribution in [0.3, 0.4) is 0 Å². The Morgan fingerprint density at radius 3 is 2.92 bits per heavy atom. The number of methoxy groups -OCH3 is 1. The van der Waals surface area contributed by atoms with Crippen molar-refractivity contribution in [3.63, 3.8) is 0 Å². The van der Waals surface area contributed by atoms with E-state index in [1.165, 1.54) is 7.11 Å². The maximum atomic E-state index is 10.9. The monoisotopic (exact) mass is 201 g/mol. The number of carbonyl (C=O) groups excluding carboxylic acids is 1. The number of allylic oxidation sites excluding steroid dienone is 1. The highest BCUT2D eigenvalue weighted by molar-refractivity contribution is 8.13. The van der Waals surface area contributed by atoms with Crippen molar-refractivity contribution in [2.24, 2.45) is 5.73 Å². The van der Waals surface area contributed by atoms with Crippen LogP contribution in [0.1, 0.15) is 6.42 Å². The molecule has 1 rings (SSSR count). The number of ether oxygens (including phenoxy) is 1. The smallest absolute Gasteiger partial charge is 0.309 e. The van der Waals surface area contributed by atoms with Gasteiger partial charge in [-0.15, -0.1) is 0 Å². The highest BCUT2D eigenvalue weighted by Crippen LogP contribution is 2.20. The standard InChI is InChI=1S/C8H11NO3S/c1-12-8(10)4-6-2-3-7(9)13(11)5-6/h2-3,5,11H,4,9H2,1H3. The van der Waals surface area contributed by atoms with Crippen LogP contribution in [0.2, 0.25) is 0 Å². The van der Waals surface area contributed by atoms with Crippen LogP contribution in [0, 0.1) is 0 Å². The lowest BCUT2D eigenvalue weighted by molar-refractivity contribution is -0.139. The number of nitrogens with two attached hydrogens (primary N) is 1. The lowest BCUT2D eigenvalue weighted by Gasteiger charge is -2.07. The predicted octanol–water partition coefficient (Wildman–Crippen LogP) is 0.834. The third kappa shape index (κ3) is 2.80. The second-order valence-corrected chi connectivity index (χ2v) is 3.83. The molecular formula is C8H11NO3S. The van der Waals surface area contributed by atoms with Crippen LogP contribution in [0.25, 0.3) is 0 Å². The van der Waals surface area contributed by atoms with Crippen LogP contribution in [0.5, 0.6) is 0 Å². The summed E-state index contributed by atoms with van der Waals surface area (Å²) in [6.45, 7) is 0. The Hall–Kier alpha value is -0.910. The third-order valence-corrected chi connectivity index (χ3v) is 2.69. The van der Waals surface area contributed by atoms with Gasteiger partial charge in [0.25, 0.3) is 0 Å². The zero-order valence-corrected chi connectivity index (χ0v) is 8.00. The van der Waals surface area contributed by atoms with Gasteiger partial charge in [-0.25, -0.2) is 0 Å². The summed E-state index contributed by atoms with van der Waals surface area (Å²) in [5, 5.41) is 1.56. The molecule has 3 N–H and O–H groups in total. The summed E-state index contributed by atoms with van der Waals surface area (Å²) in [6, 6.07) is 0. The highest BCUT2D eigenvalue weighted by Gasteiger charge is 2.07. The summed E-state index contributed by atoms with van der Waals surface area (Å²) in [7, 11) is 0.282. The van der Waals surface area contributed by atoms with Crippen molar-refractivity contribution in [1.82, 2.24) is 0 Å². The zero-order valence-electron chi connectivity index (χ0n) is 7.19. The van der Waals surface area contributed by atoms with E-state index in [9.17, 15) is 9.35 Å². The first-order valence-corrected chi connectivity index (χ1v) is 4.88. The molecule has 0 fully saturated rings. The van der Waals surface area contributed by atoms with Gasteiger partial charge >= 0.3 is 5.97 Å². The number of rotatable bonds is 2. The van der Waals surface area contributed by atoms with Gasteiger partial charge in [-0.05, 0) is 27.8 Å². The summed E-state index contributed by atoms with van der Waals surface area (Å²) < 4.78 is 13.8. The van der Waals surface area contributed by atoms with Crippen LogP contribution in [-0.2, 0) is 9.53 Å². The maximum Gasteiger partial charge on any atom is 0.309 e. The van der Waals surface area contributed by atoms with Crippen molar-refractivity contribution in [2.45, 2.75) is 6.42 Å². The van der Waals surface area contributed by atoms with Crippen LogP contribution in [0.4, 0.5) is 0 Å². The van der Waals surface area contributed by atoms with Crippen molar-refractivity contribution in [2.75, 3.05) is 7.11 Å². The van der Waals surface area contributed by atoms with E-state index in [1.54, 1.807) is 17.6 Å². The molecule has 0 bridgehead atoms. The molecule has 1 aliphatic rings. The van der Waals surface area contributed by atoms with Gasteiger partial charge in [0.05, 0.1) is 18.5 Å². The first-order chi connectivity index (χ1) is 6.13. The molecule has 1 aliphatic heterocycles. The van der Waals surface area contributed by atoms with E-state index in [0.29, 0.717) is 4.99 Å². The van der Waals surface area contributed by atoms with E-state index in [0.717, 1.165) is 5.57 Å². The van der Waals surface area contributed by atoms with Crippen LogP contribution in [0.15, 0.2) is 23.1 Å². The second kappa shape index (κ2) is 4.36. The zero-order chi connectivity index (χ0) is 9.84. The van der Waals surface area contributed by atoms with Crippen molar-refractivity contribution in [3.05, 3.63) is 23.1 Å². The summed E-state index contributed by atoms with van der Waals surface area (Å²) in [4.78, 5) is 11.3. The maximum absolute atomic E-state index is 10.9. The first-order valence-electron chi connectivity index (χ1n) is 3.63. The fraction of sp³-hybridized carbons (Fsp3) is 0.250. The molecule has 0 aromatic rings. The van der Waals surface area contributed by atoms with Crippen molar-refractivity contribution < 1.29 is 14.1 Å². The van der Waals surface area contributed by atoms with Gasteiger partial charge in [0.2, 0.25) is 0 Å². The summed E-state index contributed by atoms with van der Waals surface area (Å²) >= 11 is 0. The molecule has 0 aromatic heterocycles. The van der Waals surface area contributed by atoms with Crippen molar-refractivity contribution in [1.29, 1.82) is 0 Å². The topological polar surface area (TPSA) is 72.5 Å². The lowest BCUT2D eigenvalue weighted by Crippen LogP contribution is -2.10. The Morgan fingerprint density at radius 2 is 2.38 bits per heavy atom. The van der Waals surface area contributed by atoms with Crippen LogP contribution in [-0.4, -0.2) is 22.6 Å². The van der Waals surface area contributed by atoms with Gasteiger partial charge in [-0.1, -0.05) is 6.08 Å². The van der Waals surface area contributed by atoms with E-state index in [2.05, 4.69) is 4.74 Å². The Bertz CT molecular complexity index is 317.